The molecule has 17 nitrogen and oxygen atoms in total. The number of carbonyl (C=O) groups is 5. The Bertz CT molecular complexity index is 2220. The maximum atomic E-state index is 15.0. The number of aryl methyl sites for hydroxylation is 1. The molecule has 6 rings (SSSR count). The van der Waals surface area contributed by atoms with Crippen LogP contribution in [-0.4, -0.2) is 136 Å². The van der Waals surface area contributed by atoms with Crippen LogP contribution < -0.4 is 5.73 Å². The molecule has 4 heterocycles. The van der Waals surface area contributed by atoms with Crippen molar-refractivity contribution < 1.29 is 52.4 Å². The summed E-state index contributed by atoms with van der Waals surface area (Å²) in [5.41, 5.74) is 5.67. The number of rotatable bonds is 13. The third kappa shape index (κ3) is 11.1. The summed E-state index contributed by atoms with van der Waals surface area (Å²) in [6, 6.07) is 14.8. The first-order chi connectivity index (χ1) is 31.7. The fourth-order valence-electron chi connectivity index (χ4n) is 10.4. The number of carbonyl (C=O) groups excluding carboxylic acids is 5. The van der Waals surface area contributed by atoms with Crippen molar-refractivity contribution in [2.75, 3.05) is 33.5 Å². The average molecular weight is 931 g/mol. The molecule has 1 unspecified atom stereocenters. The molecule has 1 aromatic heterocycles. The summed E-state index contributed by atoms with van der Waals surface area (Å²) in [6.07, 6.45) is -1.42. The second-order valence-electron chi connectivity index (χ2n) is 19.3. The van der Waals surface area contributed by atoms with E-state index >= 15 is 0 Å². The van der Waals surface area contributed by atoms with Crippen LogP contribution in [0.5, 0.6) is 0 Å². The number of aromatic nitrogens is 3. The Balaban J connectivity index is 1.29. The first kappa shape index (κ1) is 51.2. The molecule has 0 bridgehead atoms. The van der Waals surface area contributed by atoms with E-state index < -0.39 is 89.3 Å². The summed E-state index contributed by atoms with van der Waals surface area (Å²) in [6.45, 7) is 14.7. The second-order valence-corrected chi connectivity index (χ2v) is 19.3. The molecule has 0 radical (unpaired) electrons. The maximum absolute atomic E-state index is 15.0. The van der Waals surface area contributed by atoms with E-state index in [2.05, 4.69) is 10.3 Å². The molecule has 3 saturated heterocycles. The number of esters is 2. The number of unbranched alkanes of at least 4 members (excludes halogenated alkanes) is 1. The Morgan fingerprint density at radius 3 is 2.30 bits per heavy atom. The highest BCUT2D eigenvalue weighted by molar-refractivity contribution is 6.00. The van der Waals surface area contributed by atoms with Gasteiger partial charge in [-0.05, 0) is 98.2 Å². The standard InChI is InChI=1S/C50H70N6O11/c1-12-39-50(8)43(56(48(61)67-50)24-17-16-23-55-28-37(52-53-55)35-21-18-22-36(51)26-35)31(4)40(57)29(2)27-49(7,62-11)44(32(5)41(58)33(6)45(59)64-39)66-47-42(38(54(9)10)25-30(3)63-47)65-46(60)34-19-14-13-15-20-34/h13-15,18-22,26,28-33,38-39,42-44,47H,12,16-17,23-25,27,51H2,1-11H3/t29-,30-,31+,32+,33-,38+,39-,42-,43?,44-,47+,49+,50-/m1/s1. The van der Waals surface area contributed by atoms with Crippen molar-refractivity contribution in [1.82, 2.24) is 24.8 Å². The quantitative estimate of drug-likeness (QED) is 0.0650. The van der Waals surface area contributed by atoms with Crippen molar-refractivity contribution in [3.05, 3.63) is 66.4 Å². The number of ketones is 2. The molecule has 0 spiro atoms. The number of hydrogen-bond acceptors (Lipinski definition) is 15. The van der Waals surface area contributed by atoms with Crippen molar-refractivity contribution >= 4 is 35.3 Å². The lowest BCUT2D eigenvalue weighted by atomic mass is 9.73. The lowest BCUT2D eigenvalue weighted by Crippen LogP contribution is -2.61. The highest BCUT2D eigenvalue weighted by atomic mass is 16.7. The SMILES string of the molecule is CC[C@H]1OC(=O)[C@H](C)C(=O)[C@H](C)[C@@H](O[C@@H]2O[C@H](C)C[C@H](N(C)C)[C@H]2OC(=O)c2ccccc2)[C@@](C)(OC)C[C@@H](C)C(=O)[C@H](C)C2N(CCCCn3cc(-c4cccc(N)c4)nn3)C(=O)O[C@@]21C. The van der Waals surface area contributed by atoms with Crippen molar-refractivity contribution in [2.24, 2.45) is 23.7 Å². The Morgan fingerprint density at radius 2 is 1.64 bits per heavy atom. The number of fused-ring (bicyclic) bond motifs is 1. The van der Waals surface area contributed by atoms with Crippen LogP contribution in [0.3, 0.4) is 0 Å². The third-order valence-corrected chi connectivity index (χ3v) is 14.1. The molecule has 3 aromatic rings. The van der Waals surface area contributed by atoms with Crippen LogP contribution in [0.4, 0.5) is 10.5 Å². The zero-order chi connectivity index (χ0) is 49.0. The lowest BCUT2D eigenvalue weighted by Gasteiger charge is -2.47. The molecule has 3 aliphatic rings. The van der Waals surface area contributed by atoms with Gasteiger partial charge in [0.1, 0.15) is 23.5 Å². The number of nitrogens with two attached hydrogens (primary N) is 1. The number of nitrogens with zero attached hydrogens (tertiary/aromatic N) is 5. The first-order valence-electron chi connectivity index (χ1n) is 23.5. The smallest absolute Gasteiger partial charge is 0.410 e. The van der Waals surface area contributed by atoms with Gasteiger partial charge in [0.2, 0.25) is 0 Å². The van der Waals surface area contributed by atoms with Crippen LogP contribution in [0.25, 0.3) is 11.3 Å². The molecule has 1 amide bonds. The molecule has 13 atom stereocenters. The number of likely N-dealkylation sites (N-methyl/N-ethyl adjacent to an activating group) is 1. The minimum absolute atomic E-state index is 0.0759. The summed E-state index contributed by atoms with van der Waals surface area (Å²) in [5, 5.41) is 8.58. The van der Waals surface area contributed by atoms with Crippen LogP contribution in [-0.2, 0) is 49.3 Å². The molecule has 0 saturated carbocycles. The van der Waals surface area contributed by atoms with Crippen LogP contribution in [0.1, 0.15) is 97.9 Å². The van der Waals surface area contributed by atoms with E-state index in [1.54, 1.807) is 87.5 Å². The zero-order valence-corrected chi connectivity index (χ0v) is 40.9. The normalized spacial score (nSPS) is 33.2. The molecular formula is C50H70N6O11. The largest absolute Gasteiger partial charge is 0.458 e. The van der Waals surface area contributed by atoms with Gasteiger partial charge >= 0.3 is 18.0 Å². The molecular weight excluding hydrogens is 861 g/mol. The molecule has 2 N–H and O–H groups in total. The van der Waals surface area contributed by atoms with Crippen molar-refractivity contribution in [1.29, 1.82) is 0 Å². The number of methoxy groups -OCH3 is 1. The number of benzene rings is 2. The number of nitrogen functional groups attached to an aromatic ring is 1. The van der Waals surface area contributed by atoms with Gasteiger partial charge in [0.25, 0.3) is 0 Å². The van der Waals surface area contributed by atoms with Gasteiger partial charge < -0.3 is 44.0 Å². The monoisotopic (exact) mass is 931 g/mol. The maximum Gasteiger partial charge on any atom is 0.410 e. The molecule has 17 heteroatoms. The van der Waals surface area contributed by atoms with E-state index in [1.165, 1.54) is 14.0 Å². The minimum Gasteiger partial charge on any atom is -0.458 e. The third-order valence-electron chi connectivity index (χ3n) is 14.1. The van der Waals surface area contributed by atoms with E-state index in [9.17, 15) is 24.0 Å². The Morgan fingerprint density at radius 1 is 0.940 bits per heavy atom. The fraction of sp³-hybridized carbons (Fsp3) is 0.620. The number of amides is 1. The topological polar surface area (TPSA) is 204 Å². The van der Waals surface area contributed by atoms with E-state index in [0.717, 1.165) is 5.56 Å². The molecule has 3 aliphatic heterocycles. The summed E-state index contributed by atoms with van der Waals surface area (Å²) in [5.74, 6) is -5.88. The summed E-state index contributed by atoms with van der Waals surface area (Å²) in [7, 11) is 5.25. The summed E-state index contributed by atoms with van der Waals surface area (Å²) < 4.78 is 40.0. The summed E-state index contributed by atoms with van der Waals surface area (Å²) >= 11 is 0. The van der Waals surface area contributed by atoms with Gasteiger partial charge in [-0.1, -0.05) is 63.2 Å². The lowest BCUT2D eigenvalue weighted by molar-refractivity contribution is -0.294. The number of cyclic esters (lactones) is 1. The second kappa shape index (κ2) is 21.4. The van der Waals surface area contributed by atoms with E-state index in [-0.39, 0.29) is 37.3 Å². The number of hydrogen-bond donors (Lipinski definition) is 1. The highest BCUT2D eigenvalue weighted by Crippen LogP contribution is 2.43. The van der Waals surface area contributed by atoms with Gasteiger partial charge in [-0.3, -0.25) is 19.1 Å². The van der Waals surface area contributed by atoms with Gasteiger partial charge in [0.15, 0.2) is 23.8 Å². The van der Waals surface area contributed by atoms with Crippen LogP contribution in [0.15, 0.2) is 60.8 Å². The fourth-order valence-corrected chi connectivity index (χ4v) is 10.4. The molecule has 67 heavy (non-hydrogen) atoms. The molecule has 3 fully saturated rings. The van der Waals surface area contributed by atoms with E-state index in [1.807, 2.05) is 50.3 Å². The van der Waals surface area contributed by atoms with Crippen LogP contribution in [0.2, 0.25) is 0 Å². The molecule has 2 aromatic carbocycles. The highest BCUT2D eigenvalue weighted by Gasteiger charge is 2.60. The predicted molar refractivity (Wildman–Crippen MR) is 248 cm³/mol. The van der Waals surface area contributed by atoms with Crippen LogP contribution in [0, 0.1) is 23.7 Å². The molecule has 0 aliphatic carbocycles. The van der Waals surface area contributed by atoms with Crippen LogP contribution >= 0.6 is 0 Å². The van der Waals surface area contributed by atoms with Gasteiger partial charge in [-0.25, -0.2) is 9.59 Å². The van der Waals surface area contributed by atoms with Crippen molar-refractivity contribution in [3.8, 4) is 11.3 Å². The summed E-state index contributed by atoms with van der Waals surface area (Å²) in [4.78, 5) is 75.0. The van der Waals surface area contributed by atoms with Gasteiger partial charge in [0.05, 0.1) is 41.7 Å². The average Bonchev–Trinajstić information content (AvgIpc) is 3.88. The van der Waals surface area contributed by atoms with Crippen molar-refractivity contribution in [3.63, 3.8) is 0 Å². The predicted octanol–water partition coefficient (Wildman–Crippen LogP) is 6.38. The number of anilines is 1. The Labute approximate surface area is 394 Å². The first-order valence-corrected chi connectivity index (χ1v) is 23.5. The minimum atomic E-state index is -1.45. The molecule has 366 valence electrons. The number of Topliss-reactive ketones (excluding diaryl/α,β-unsaturated/α-hetero) is 2. The van der Waals surface area contributed by atoms with Gasteiger partial charge in [0, 0.05) is 49.2 Å². The zero-order valence-electron chi connectivity index (χ0n) is 40.9. The van der Waals surface area contributed by atoms with E-state index in [0.29, 0.717) is 42.8 Å². The van der Waals surface area contributed by atoms with Gasteiger partial charge in [-0.2, -0.15) is 0 Å². The van der Waals surface area contributed by atoms with E-state index in [4.69, 9.17) is 34.2 Å². The van der Waals surface area contributed by atoms with Crippen molar-refractivity contribution in [2.45, 2.75) is 148 Å². The number of ether oxygens (including phenoxy) is 6. The van der Waals surface area contributed by atoms with Gasteiger partial charge in [-0.15, -0.1) is 5.10 Å². The Hall–Kier alpha value is -5.23. The Kier molecular flexibility index (Phi) is 16.3.